The number of para-hydroxylation sites is 3. The number of anilines is 2. The molecule has 0 saturated carbocycles. The molecule has 0 aliphatic carbocycles. The van der Waals surface area contributed by atoms with Crippen molar-refractivity contribution >= 4 is 23.2 Å². The van der Waals surface area contributed by atoms with E-state index >= 15 is 0 Å². The standard InChI is InChI=1S/C19H18N6O3/c1-13-11-17(26)20-15-9-5-6-10-16(15)24(13)18(27)12-23-19(28)25(22-21-23)14-7-3-2-4-8-14/h2-10,13H,11-12H2,1H3,(H,20,26). The zero-order chi connectivity index (χ0) is 19.7. The predicted molar refractivity (Wildman–Crippen MR) is 102 cm³/mol. The van der Waals surface area contributed by atoms with Crippen molar-refractivity contribution in [1.29, 1.82) is 0 Å². The Balaban J connectivity index is 1.65. The normalized spacial score (nSPS) is 16.2. The fourth-order valence-corrected chi connectivity index (χ4v) is 3.28. The average Bonchev–Trinajstić information content (AvgIpc) is 2.97. The number of tetrazole rings is 1. The highest BCUT2D eigenvalue weighted by Crippen LogP contribution is 2.31. The molecule has 1 aromatic heterocycles. The third-order valence-electron chi connectivity index (χ3n) is 4.55. The van der Waals surface area contributed by atoms with Crippen LogP contribution in [0.4, 0.5) is 11.4 Å². The molecule has 1 aliphatic rings. The molecule has 2 heterocycles. The summed E-state index contributed by atoms with van der Waals surface area (Å²) >= 11 is 0. The van der Waals surface area contributed by atoms with E-state index in [0.717, 1.165) is 9.36 Å². The highest BCUT2D eigenvalue weighted by molar-refractivity contribution is 6.04. The van der Waals surface area contributed by atoms with Crippen molar-refractivity contribution in [3.63, 3.8) is 0 Å². The summed E-state index contributed by atoms with van der Waals surface area (Å²) in [7, 11) is 0. The summed E-state index contributed by atoms with van der Waals surface area (Å²) < 4.78 is 2.16. The van der Waals surface area contributed by atoms with E-state index in [-0.39, 0.29) is 30.8 Å². The molecular weight excluding hydrogens is 360 g/mol. The second kappa shape index (κ2) is 7.10. The van der Waals surface area contributed by atoms with E-state index in [9.17, 15) is 14.4 Å². The molecule has 1 aliphatic heterocycles. The van der Waals surface area contributed by atoms with Crippen molar-refractivity contribution in [2.24, 2.45) is 0 Å². The number of aromatic nitrogens is 4. The summed E-state index contributed by atoms with van der Waals surface area (Å²) in [6.45, 7) is 1.52. The number of hydrogen-bond acceptors (Lipinski definition) is 5. The molecule has 2 aromatic carbocycles. The van der Waals surface area contributed by atoms with Gasteiger partial charge in [0.25, 0.3) is 0 Å². The van der Waals surface area contributed by atoms with Crippen LogP contribution in [0.25, 0.3) is 5.69 Å². The first-order valence-electron chi connectivity index (χ1n) is 8.84. The highest BCUT2D eigenvalue weighted by atomic mass is 16.2. The molecule has 0 fully saturated rings. The van der Waals surface area contributed by atoms with Gasteiger partial charge in [-0.25, -0.2) is 4.79 Å². The predicted octanol–water partition coefficient (Wildman–Crippen LogP) is 1.19. The Morgan fingerprint density at radius 2 is 1.79 bits per heavy atom. The molecule has 9 heteroatoms. The van der Waals surface area contributed by atoms with Crippen LogP contribution in [-0.2, 0) is 16.1 Å². The van der Waals surface area contributed by atoms with Gasteiger partial charge in [0.05, 0.1) is 17.1 Å². The average molecular weight is 378 g/mol. The number of nitrogens with zero attached hydrogens (tertiary/aromatic N) is 5. The molecule has 1 unspecified atom stereocenters. The molecule has 142 valence electrons. The number of nitrogens with one attached hydrogen (secondary N) is 1. The van der Waals surface area contributed by atoms with E-state index < -0.39 is 5.69 Å². The Morgan fingerprint density at radius 3 is 2.57 bits per heavy atom. The van der Waals surface area contributed by atoms with Gasteiger partial charge in [-0.05, 0) is 41.6 Å². The fourth-order valence-electron chi connectivity index (χ4n) is 3.28. The smallest absolute Gasteiger partial charge is 0.324 e. The summed E-state index contributed by atoms with van der Waals surface area (Å²) in [6.07, 6.45) is 0.159. The Kier molecular flexibility index (Phi) is 4.48. The van der Waals surface area contributed by atoms with Gasteiger partial charge in [-0.1, -0.05) is 30.3 Å². The summed E-state index contributed by atoms with van der Waals surface area (Å²) in [5, 5.41) is 10.5. The van der Waals surface area contributed by atoms with Crippen LogP contribution in [0.5, 0.6) is 0 Å². The highest BCUT2D eigenvalue weighted by Gasteiger charge is 2.30. The van der Waals surface area contributed by atoms with Crippen molar-refractivity contribution in [1.82, 2.24) is 19.8 Å². The van der Waals surface area contributed by atoms with Crippen LogP contribution in [0.2, 0.25) is 0 Å². The Hall–Kier alpha value is -3.75. The molecule has 1 atom stereocenters. The number of fused-ring (bicyclic) bond motifs is 1. The first kappa shape index (κ1) is 17.7. The van der Waals surface area contributed by atoms with Gasteiger partial charge in [0, 0.05) is 12.5 Å². The van der Waals surface area contributed by atoms with Crippen LogP contribution in [0.3, 0.4) is 0 Å². The molecule has 28 heavy (non-hydrogen) atoms. The van der Waals surface area contributed by atoms with Crippen LogP contribution in [-0.4, -0.2) is 37.6 Å². The minimum atomic E-state index is -0.510. The molecule has 4 rings (SSSR count). The summed E-state index contributed by atoms with van der Waals surface area (Å²) in [4.78, 5) is 39.2. The third kappa shape index (κ3) is 3.18. The van der Waals surface area contributed by atoms with Crippen molar-refractivity contribution in [3.8, 4) is 5.69 Å². The van der Waals surface area contributed by atoms with Crippen molar-refractivity contribution in [2.45, 2.75) is 25.9 Å². The van der Waals surface area contributed by atoms with Crippen LogP contribution in [0.1, 0.15) is 13.3 Å². The number of rotatable bonds is 3. The van der Waals surface area contributed by atoms with Gasteiger partial charge in [0.1, 0.15) is 6.54 Å². The maximum atomic E-state index is 13.0. The Labute approximate surface area is 160 Å². The number of hydrogen-bond donors (Lipinski definition) is 1. The zero-order valence-electron chi connectivity index (χ0n) is 15.1. The van der Waals surface area contributed by atoms with Crippen molar-refractivity contribution in [2.75, 3.05) is 10.2 Å². The minimum absolute atomic E-state index is 0.159. The van der Waals surface area contributed by atoms with Crippen LogP contribution in [0, 0.1) is 0 Å². The second-order valence-corrected chi connectivity index (χ2v) is 6.55. The molecular formula is C19H18N6O3. The van der Waals surface area contributed by atoms with Gasteiger partial charge in [0.15, 0.2) is 0 Å². The van der Waals surface area contributed by atoms with E-state index in [1.165, 1.54) is 4.90 Å². The van der Waals surface area contributed by atoms with Gasteiger partial charge >= 0.3 is 5.69 Å². The van der Waals surface area contributed by atoms with Crippen LogP contribution in [0.15, 0.2) is 59.4 Å². The van der Waals surface area contributed by atoms with Gasteiger partial charge in [-0.15, -0.1) is 0 Å². The van der Waals surface area contributed by atoms with E-state index in [1.54, 1.807) is 55.5 Å². The SMILES string of the molecule is CC1CC(=O)Nc2ccccc2N1C(=O)Cn1nnn(-c2ccccc2)c1=O. The lowest BCUT2D eigenvalue weighted by Gasteiger charge is -2.27. The fraction of sp³-hybridized carbons (Fsp3) is 0.211. The molecule has 9 nitrogen and oxygen atoms in total. The topological polar surface area (TPSA) is 102 Å². The van der Waals surface area contributed by atoms with E-state index in [1.807, 2.05) is 6.07 Å². The maximum Gasteiger partial charge on any atom is 0.368 e. The number of benzene rings is 2. The van der Waals surface area contributed by atoms with Gasteiger partial charge < -0.3 is 10.2 Å². The molecule has 2 amide bonds. The molecule has 0 bridgehead atoms. The van der Waals surface area contributed by atoms with E-state index in [2.05, 4.69) is 15.7 Å². The molecule has 3 aromatic rings. The van der Waals surface area contributed by atoms with Gasteiger partial charge in [-0.3, -0.25) is 9.59 Å². The number of carbonyl (C=O) groups excluding carboxylic acids is 2. The van der Waals surface area contributed by atoms with Crippen molar-refractivity contribution < 1.29 is 9.59 Å². The number of amides is 2. The summed E-state index contributed by atoms with van der Waals surface area (Å²) in [6, 6.07) is 15.6. The van der Waals surface area contributed by atoms with Crippen molar-refractivity contribution in [3.05, 3.63) is 65.1 Å². The third-order valence-corrected chi connectivity index (χ3v) is 4.55. The molecule has 0 saturated heterocycles. The lowest BCUT2D eigenvalue weighted by Crippen LogP contribution is -2.42. The quantitative estimate of drug-likeness (QED) is 0.738. The maximum absolute atomic E-state index is 13.0. The minimum Gasteiger partial charge on any atom is -0.324 e. The van der Waals surface area contributed by atoms with E-state index in [4.69, 9.17) is 0 Å². The van der Waals surface area contributed by atoms with E-state index in [0.29, 0.717) is 17.1 Å². The lowest BCUT2D eigenvalue weighted by atomic mass is 10.1. The van der Waals surface area contributed by atoms with Crippen LogP contribution < -0.4 is 15.9 Å². The zero-order valence-corrected chi connectivity index (χ0v) is 15.1. The summed E-state index contributed by atoms with van der Waals surface area (Å²) in [5.41, 5.74) is 1.21. The first-order chi connectivity index (χ1) is 13.5. The van der Waals surface area contributed by atoms with Gasteiger partial charge in [-0.2, -0.15) is 9.36 Å². The van der Waals surface area contributed by atoms with Crippen LogP contribution >= 0.6 is 0 Å². The largest absolute Gasteiger partial charge is 0.368 e. The van der Waals surface area contributed by atoms with Gasteiger partial charge in [0.2, 0.25) is 11.8 Å². The molecule has 0 radical (unpaired) electrons. The molecule has 1 N–H and O–H groups in total. The summed E-state index contributed by atoms with van der Waals surface area (Å²) in [5.74, 6) is -0.513. The lowest BCUT2D eigenvalue weighted by molar-refractivity contribution is -0.120. The Bertz CT molecular complexity index is 1090. The molecule has 0 spiro atoms. The first-order valence-corrected chi connectivity index (χ1v) is 8.84. The monoisotopic (exact) mass is 378 g/mol. The number of carbonyl (C=O) groups is 2. The Morgan fingerprint density at radius 1 is 1.07 bits per heavy atom. The second-order valence-electron chi connectivity index (χ2n) is 6.55.